The minimum Gasteiger partial charge on any atom is -0.381 e. The number of sulfone groups is 1. The Hall–Kier alpha value is -3.81. The molecule has 6 rings (SSSR count). The van der Waals surface area contributed by atoms with Crippen molar-refractivity contribution in [3.05, 3.63) is 66.0 Å². The number of ether oxygens (including phenoxy) is 1. The summed E-state index contributed by atoms with van der Waals surface area (Å²) in [6.07, 6.45) is 4.42. The summed E-state index contributed by atoms with van der Waals surface area (Å²) < 4.78 is 64.6. The number of hydrogen-bond donors (Lipinski definition) is 1. The van der Waals surface area contributed by atoms with Gasteiger partial charge in [-0.3, -0.25) is 9.71 Å². The zero-order valence-electron chi connectivity index (χ0n) is 24.5. The van der Waals surface area contributed by atoms with E-state index in [0.717, 1.165) is 35.4 Å². The van der Waals surface area contributed by atoms with Crippen molar-refractivity contribution in [3.63, 3.8) is 0 Å². The molecule has 0 aliphatic carbocycles. The van der Waals surface area contributed by atoms with Crippen molar-refractivity contribution in [1.82, 2.24) is 24.5 Å². The highest BCUT2D eigenvalue weighted by molar-refractivity contribution is 7.92. The van der Waals surface area contributed by atoms with Crippen LogP contribution in [0.5, 0.6) is 0 Å². The van der Waals surface area contributed by atoms with Crippen LogP contribution in [-0.4, -0.2) is 66.6 Å². The molecule has 0 unspecified atom stereocenters. The van der Waals surface area contributed by atoms with Gasteiger partial charge in [-0.15, -0.1) is 5.10 Å². The summed E-state index contributed by atoms with van der Waals surface area (Å²) in [4.78, 5) is 4.99. The second kappa shape index (κ2) is 11.0. The number of anilines is 1. The molecule has 5 aromatic rings. The van der Waals surface area contributed by atoms with Crippen LogP contribution >= 0.6 is 0 Å². The fourth-order valence-electron chi connectivity index (χ4n) is 6.21. The molecule has 0 radical (unpaired) electrons. The standard InChI is InChI=1S/C30H34N6O5S2/c1-5-43(39,40)33-23-11-12-25(42(4,37)38)30-26(23)27-24(17-22(18-31-27)28-19(2)32-34-35(28)3)36(30)29(20-9-7-6-8-10-20)21-13-15-41-16-14-21/h6-12,17-18,21,29,33H,5,13-16H2,1-4H3/t29-/m1/s1. The first-order valence-electron chi connectivity index (χ1n) is 14.2. The highest BCUT2D eigenvalue weighted by Gasteiger charge is 2.33. The van der Waals surface area contributed by atoms with E-state index in [2.05, 4.69) is 19.6 Å². The Kier molecular flexibility index (Phi) is 7.51. The van der Waals surface area contributed by atoms with Gasteiger partial charge in [-0.1, -0.05) is 35.5 Å². The minimum absolute atomic E-state index is 0.105. The first-order valence-corrected chi connectivity index (χ1v) is 17.7. The van der Waals surface area contributed by atoms with Crippen LogP contribution in [0.1, 0.15) is 37.1 Å². The molecule has 1 atom stereocenters. The number of rotatable bonds is 8. The summed E-state index contributed by atoms with van der Waals surface area (Å²) in [5.41, 5.74) is 5.16. The SMILES string of the molecule is CCS(=O)(=O)Nc1ccc(S(C)(=O)=O)c2c1c1ncc(-c3c(C)nnn3C)cc1n2[C@H](c1ccccc1)C1CCOCC1. The van der Waals surface area contributed by atoms with E-state index in [9.17, 15) is 16.8 Å². The van der Waals surface area contributed by atoms with Gasteiger partial charge in [-0.2, -0.15) is 0 Å². The van der Waals surface area contributed by atoms with Crippen molar-refractivity contribution >= 4 is 47.5 Å². The molecular weight excluding hydrogens is 589 g/mol. The second-order valence-electron chi connectivity index (χ2n) is 11.0. The maximum absolute atomic E-state index is 13.4. The number of fused-ring (bicyclic) bond motifs is 3. The second-order valence-corrected chi connectivity index (χ2v) is 15.0. The lowest BCUT2D eigenvalue weighted by molar-refractivity contribution is 0.0552. The van der Waals surface area contributed by atoms with Crippen molar-refractivity contribution in [2.24, 2.45) is 13.0 Å². The van der Waals surface area contributed by atoms with E-state index >= 15 is 0 Å². The predicted molar refractivity (Wildman–Crippen MR) is 166 cm³/mol. The van der Waals surface area contributed by atoms with E-state index < -0.39 is 19.9 Å². The number of aromatic nitrogens is 5. The van der Waals surface area contributed by atoms with Crippen molar-refractivity contribution in [2.75, 3.05) is 29.9 Å². The molecular formula is C30H34N6O5S2. The Morgan fingerprint density at radius 2 is 1.79 bits per heavy atom. The van der Waals surface area contributed by atoms with Crippen LogP contribution in [0.25, 0.3) is 33.2 Å². The van der Waals surface area contributed by atoms with E-state index in [-0.39, 0.29) is 28.3 Å². The maximum Gasteiger partial charge on any atom is 0.232 e. The molecule has 4 heterocycles. The normalized spacial score (nSPS) is 15.7. The quantitative estimate of drug-likeness (QED) is 0.268. The third-order valence-electron chi connectivity index (χ3n) is 8.19. The lowest BCUT2D eigenvalue weighted by atomic mass is 9.86. The van der Waals surface area contributed by atoms with Crippen molar-refractivity contribution in [1.29, 1.82) is 0 Å². The first kappa shape index (κ1) is 29.3. The molecule has 1 saturated heterocycles. The number of sulfonamides is 1. The van der Waals surface area contributed by atoms with E-state index in [1.54, 1.807) is 17.8 Å². The van der Waals surface area contributed by atoms with Gasteiger partial charge in [0.25, 0.3) is 0 Å². The molecule has 2 aromatic carbocycles. The topological polar surface area (TPSA) is 138 Å². The van der Waals surface area contributed by atoms with Gasteiger partial charge in [0.15, 0.2) is 9.84 Å². The molecule has 1 aliphatic rings. The van der Waals surface area contributed by atoms with Crippen LogP contribution in [-0.2, 0) is 31.6 Å². The summed E-state index contributed by atoms with van der Waals surface area (Å²) in [5, 5.41) is 8.82. The van der Waals surface area contributed by atoms with Crippen LogP contribution in [0.15, 0.2) is 59.6 Å². The smallest absolute Gasteiger partial charge is 0.232 e. The number of aryl methyl sites for hydroxylation is 2. The molecule has 0 spiro atoms. The average molecular weight is 623 g/mol. The largest absolute Gasteiger partial charge is 0.381 e. The fraction of sp³-hybridized carbons (Fsp3) is 0.367. The lowest BCUT2D eigenvalue weighted by Gasteiger charge is -2.33. The van der Waals surface area contributed by atoms with Gasteiger partial charge in [-0.25, -0.2) is 21.5 Å². The van der Waals surface area contributed by atoms with Gasteiger partial charge in [0.2, 0.25) is 10.0 Å². The minimum atomic E-state index is -3.75. The number of pyridine rings is 1. The molecule has 13 heteroatoms. The highest BCUT2D eigenvalue weighted by atomic mass is 32.2. The predicted octanol–water partition coefficient (Wildman–Crippen LogP) is 4.47. The van der Waals surface area contributed by atoms with E-state index in [0.29, 0.717) is 35.2 Å². The van der Waals surface area contributed by atoms with E-state index in [4.69, 9.17) is 9.72 Å². The molecule has 1 N–H and O–H groups in total. The Bertz CT molecular complexity index is 2030. The fourth-order valence-corrected chi connectivity index (χ4v) is 7.73. The van der Waals surface area contributed by atoms with Crippen LogP contribution in [0.4, 0.5) is 5.69 Å². The Labute approximate surface area is 250 Å². The zero-order chi connectivity index (χ0) is 30.5. The van der Waals surface area contributed by atoms with Gasteiger partial charge in [0.1, 0.15) is 0 Å². The van der Waals surface area contributed by atoms with Crippen LogP contribution in [0.3, 0.4) is 0 Å². The summed E-state index contributed by atoms with van der Waals surface area (Å²) in [5.74, 6) is -0.0258. The third kappa shape index (κ3) is 5.30. The summed E-state index contributed by atoms with van der Waals surface area (Å²) >= 11 is 0. The average Bonchev–Trinajstić information content (AvgIpc) is 3.50. The van der Waals surface area contributed by atoms with Crippen molar-refractivity contribution in [2.45, 2.75) is 37.6 Å². The van der Waals surface area contributed by atoms with E-state index in [1.807, 2.05) is 50.4 Å². The Balaban J connectivity index is 1.80. The molecule has 43 heavy (non-hydrogen) atoms. The van der Waals surface area contributed by atoms with Crippen LogP contribution in [0, 0.1) is 12.8 Å². The summed E-state index contributed by atoms with van der Waals surface area (Å²) in [6.45, 7) is 4.61. The molecule has 11 nitrogen and oxygen atoms in total. The van der Waals surface area contributed by atoms with Gasteiger partial charge in [0, 0.05) is 38.3 Å². The number of nitrogens with zero attached hydrogens (tertiary/aromatic N) is 5. The molecule has 0 saturated carbocycles. The van der Waals surface area contributed by atoms with Gasteiger partial charge >= 0.3 is 0 Å². The third-order valence-corrected chi connectivity index (χ3v) is 10.6. The summed E-state index contributed by atoms with van der Waals surface area (Å²) in [7, 11) is -5.64. The Morgan fingerprint density at radius 1 is 1.07 bits per heavy atom. The number of hydrogen-bond acceptors (Lipinski definition) is 8. The number of nitrogens with one attached hydrogen (secondary N) is 1. The summed E-state index contributed by atoms with van der Waals surface area (Å²) in [6, 6.07) is 14.7. The monoisotopic (exact) mass is 622 g/mol. The maximum atomic E-state index is 13.4. The molecule has 0 bridgehead atoms. The van der Waals surface area contributed by atoms with Gasteiger partial charge in [-0.05, 0) is 56.4 Å². The molecule has 1 fully saturated rings. The van der Waals surface area contributed by atoms with E-state index in [1.165, 1.54) is 18.4 Å². The van der Waals surface area contributed by atoms with Crippen molar-refractivity contribution in [3.8, 4) is 11.3 Å². The van der Waals surface area contributed by atoms with Gasteiger partial charge in [0.05, 0.1) is 55.7 Å². The molecule has 1 aliphatic heterocycles. The number of benzene rings is 2. The Morgan fingerprint density at radius 3 is 2.42 bits per heavy atom. The van der Waals surface area contributed by atoms with Gasteiger partial charge < -0.3 is 9.30 Å². The highest BCUT2D eigenvalue weighted by Crippen LogP contribution is 2.45. The van der Waals surface area contributed by atoms with Crippen LogP contribution in [0.2, 0.25) is 0 Å². The molecule has 0 amide bonds. The molecule has 3 aromatic heterocycles. The molecule has 226 valence electrons. The van der Waals surface area contributed by atoms with Crippen LogP contribution < -0.4 is 4.72 Å². The van der Waals surface area contributed by atoms with Crippen molar-refractivity contribution < 1.29 is 21.6 Å². The first-order chi connectivity index (χ1) is 20.5. The lowest BCUT2D eigenvalue weighted by Crippen LogP contribution is -2.27. The zero-order valence-corrected chi connectivity index (χ0v) is 26.1.